The highest BCUT2D eigenvalue weighted by Gasteiger charge is 2.22. The molecule has 0 saturated heterocycles. The van der Waals surface area contributed by atoms with Crippen molar-refractivity contribution in [1.82, 2.24) is 0 Å². The quantitative estimate of drug-likeness (QED) is 0.324. The SMILES string of the molecule is CCOC(=O)C(/C=N\O)CCC(OC(C)C)c1ccc(C)cc1. The Morgan fingerprint density at radius 1 is 1.26 bits per heavy atom. The highest BCUT2D eigenvalue weighted by Crippen LogP contribution is 2.26. The average molecular weight is 321 g/mol. The van der Waals surface area contributed by atoms with Crippen molar-refractivity contribution in [1.29, 1.82) is 0 Å². The van der Waals surface area contributed by atoms with E-state index >= 15 is 0 Å². The van der Waals surface area contributed by atoms with E-state index < -0.39 is 5.92 Å². The minimum Gasteiger partial charge on any atom is -0.465 e. The van der Waals surface area contributed by atoms with Crippen molar-refractivity contribution in [2.24, 2.45) is 11.1 Å². The van der Waals surface area contributed by atoms with Crippen LogP contribution in [-0.2, 0) is 14.3 Å². The van der Waals surface area contributed by atoms with Crippen molar-refractivity contribution >= 4 is 12.2 Å². The fraction of sp³-hybridized carbons (Fsp3) is 0.556. The highest BCUT2D eigenvalue weighted by molar-refractivity contribution is 5.89. The molecule has 0 spiro atoms. The Balaban J connectivity index is 2.79. The topological polar surface area (TPSA) is 68.1 Å². The third-order valence-corrected chi connectivity index (χ3v) is 3.46. The molecule has 0 fully saturated rings. The van der Waals surface area contributed by atoms with Gasteiger partial charge in [-0.3, -0.25) is 4.79 Å². The predicted molar refractivity (Wildman–Crippen MR) is 89.8 cm³/mol. The van der Waals surface area contributed by atoms with E-state index in [1.807, 2.05) is 45.0 Å². The van der Waals surface area contributed by atoms with E-state index in [2.05, 4.69) is 5.16 Å². The second-order valence-electron chi connectivity index (χ2n) is 5.78. The number of benzene rings is 1. The van der Waals surface area contributed by atoms with E-state index in [1.165, 1.54) is 11.8 Å². The van der Waals surface area contributed by atoms with Crippen LogP contribution in [0.4, 0.5) is 0 Å². The van der Waals surface area contributed by atoms with E-state index in [0.717, 1.165) is 5.56 Å². The van der Waals surface area contributed by atoms with Crippen molar-refractivity contribution in [3.63, 3.8) is 0 Å². The summed E-state index contributed by atoms with van der Waals surface area (Å²) < 4.78 is 11.0. The lowest BCUT2D eigenvalue weighted by molar-refractivity contribution is -0.145. The number of rotatable bonds is 9. The molecule has 0 aliphatic heterocycles. The Morgan fingerprint density at radius 3 is 2.43 bits per heavy atom. The minimum atomic E-state index is -0.566. The van der Waals surface area contributed by atoms with Gasteiger partial charge in [-0.05, 0) is 46.1 Å². The van der Waals surface area contributed by atoms with Gasteiger partial charge in [0.2, 0.25) is 0 Å². The second-order valence-corrected chi connectivity index (χ2v) is 5.78. The smallest absolute Gasteiger partial charge is 0.314 e. The predicted octanol–water partition coefficient (Wildman–Crippen LogP) is 3.88. The number of hydrogen-bond acceptors (Lipinski definition) is 5. The van der Waals surface area contributed by atoms with Crippen LogP contribution < -0.4 is 0 Å². The van der Waals surface area contributed by atoms with Gasteiger partial charge in [-0.2, -0.15) is 0 Å². The van der Waals surface area contributed by atoms with Gasteiger partial charge in [0.1, 0.15) is 0 Å². The summed E-state index contributed by atoms with van der Waals surface area (Å²) in [5.41, 5.74) is 2.27. The molecule has 2 atom stereocenters. The minimum absolute atomic E-state index is 0.0776. The number of ether oxygens (including phenoxy) is 2. The monoisotopic (exact) mass is 321 g/mol. The molecule has 0 saturated carbocycles. The van der Waals surface area contributed by atoms with E-state index in [4.69, 9.17) is 14.7 Å². The van der Waals surface area contributed by atoms with Crippen LogP contribution in [0.3, 0.4) is 0 Å². The number of carbonyl (C=O) groups is 1. The maximum Gasteiger partial charge on any atom is 0.314 e. The van der Waals surface area contributed by atoms with Crippen LogP contribution >= 0.6 is 0 Å². The van der Waals surface area contributed by atoms with Crippen LogP contribution in [0.25, 0.3) is 0 Å². The lowest BCUT2D eigenvalue weighted by atomic mass is 9.97. The molecule has 1 N–H and O–H groups in total. The van der Waals surface area contributed by atoms with Crippen LogP contribution in [0, 0.1) is 12.8 Å². The van der Waals surface area contributed by atoms with Gasteiger partial charge in [-0.25, -0.2) is 0 Å². The molecule has 128 valence electrons. The first-order valence-corrected chi connectivity index (χ1v) is 8.04. The number of hydrogen-bond donors (Lipinski definition) is 1. The first-order valence-electron chi connectivity index (χ1n) is 8.04. The van der Waals surface area contributed by atoms with Gasteiger partial charge in [0.05, 0.1) is 30.9 Å². The van der Waals surface area contributed by atoms with Gasteiger partial charge in [0.15, 0.2) is 0 Å². The molecular weight excluding hydrogens is 294 g/mol. The molecule has 5 heteroatoms. The summed E-state index contributed by atoms with van der Waals surface area (Å²) in [7, 11) is 0. The van der Waals surface area contributed by atoms with Crippen LogP contribution in [0.15, 0.2) is 29.4 Å². The number of oxime groups is 1. The molecule has 0 aliphatic carbocycles. The van der Waals surface area contributed by atoms with Crippen molar-refractivity contribution in [2.45, 2.75) is 52.7 Å². The first-order chi connectivity index (χ1) is 11.0. The molecular formula is C18H27NO4. The molecule has 0 bridgehead atoms. The zero-order valence-electron chi connectivity index (χ0n) is 14.4. The van der Waals surface area contributed by atoms with Crippen molar-refractivity contribution in [3.05, 3.63) is 35.4 Å². The normalized spacial score (nSPS) is 14.1. The standard InChI is InChI=1S/C18H27NO4/c1-5-22-18(20)16(12-19-21)10-11-17(23-13(2)3)15-8-6-14(4)7-9-15/h6-9,12-13,16-17,21H,5,10-11H2,1-4H3/b19-12-. The molecule has 0 aliphatic rings. The first kappa shape index (κ1) is 19.2. The molecule has 1 rings (SSSR count). The van der Waals surface area contributed by atoms with Gasteiger partial charge in [0.25, 0.3) is 0 Å². The average Bonchev–Trinajstić information content (AvgIpc) is 2.50. The molecule has 0 aromatic heterocycles. The molecule has 1 aromatic carbocycles. The zero-order chi connectivity index (χ0) is 17.2. The fourth-order valence-corrected chi connectivity index (χ4v) is 2.34. The van der Waals surface area contributed by atoms with Crippen molar-refractivity contribution in [3.8, 4) is 0 Å². The van der Waals surface area contributed by atoms with Crippen molar-refractivity contribution in [2.75, 3.05) is 6.61 Å². The maximum atomic E-state index is 11.9. The Bertz CT molecular complexity index is 496. The summed E-state index contributed by atoms with van der Waals surface area (Å²) >= 11 is 0. The van der Waals surface area contributed by atoms with E-state index in [-0.39, 0.29) is 18.2 Å². The lowest BCUT2D eigenvalue weighted by Gasteiger charge is -2.22. The molecule has 0 radical (unpaired) electrons. The summed E-state index contributed by atoms with van der Waals surface area (Å²) in [6, 6.07) is 8.18. The molecule has 0 heterocycles. The van der Waals surface area contributed by atoms with Crippen LogP contribution in [0.5, 0.6) is 0 Å². The summed E-state index contributed by atoms with van der Waals surface area (Å²) in [6.07, 6.45) is 2.32. The summed E-state index contributed by atoms with van der Waals surface area (Å²) in [4.78, 5) is 11.9. The van der Waals surface area contributed by atoms with Crippen molar-refractivity contribution < 1.29 is 19.5 Å². The largest absolute Gasteiger partial charge is 0.465 e. The summed E-state index contributed by atoms with van der Waals surface area (Å²) in [5, 5.41) is 11.7. The number of carbonyl (C=O) groups excluding carboxylic acids is 1. The number of aryl methyl sites for hydroxylation is 1. The third-order valence-electron chi connectivity index (χ3n) is 3.46. The van der Waals surface area contributed by atoms with Gasteiger partial charge in [-0.1, -0.05) is 29.8 Å². The Hall–Kier alpha value is -1.88. The fourth-order valence-electron chi connectivity index (χ4n) is 2.34. The summed E-state index contributed by atoms with van der Waals surface area (Å²) in [6.45, 7) is 8.06. The van der Waals surface area contributed by atoms with Gasteiger partial charge < -0.3 is 14.7 Å². The van der Waals surface area contributed by atoms with Gasteiger partial charge in [0, 0.05) is 0 Å². The molecule has 23 heavy (non-hydrogen) atoms. The van der Waals surface area contributed by atoms with E-state index in [0.29, 0.717) is 19.4 Å². The van der Waals surface area contributed by atoms with Crippen LogP contribution in [0.1, 0.15) is 50.8 Å². The lowest BCUT2D eigenvalue weighted by Crippen LogP contribution is -2.21. The van der Waals surface area contributed by atoms with Crippen LogP contribution in [-0.4, -0.2) is 30.1 Å². The molecule has 2 unspecified atom stereocenters. The molecule has 1 aromatic rings. The van der Waals surface area contributed by atoms with Gasteiger partial charge >= 0.3 is 5.97 Å². The summed E-state index contributed by atoms with van der Waals surface area (Å²) in [5.74, 6) is -0.943. The Labute approximate surface area is 138 Å². The third kappa shape index (κ3) is 6.82. The van der Waals surface area contributed by atoms with Crippen LogP contribution in [0.2, 0.25) is 0 Å². The Kier molecular flexibility index (Phi) is 8.33. The highest BCUT2D eigenvalue weighted by atomic mass is 16.5. The van der Waals surface area contributed by atoms with Gasteiger partial charge in [-0.15, -0.1) is 5.16 Å². The molecule has 0 amide bonds. The number of nitrogens with zero attached hydrogens (tertiary/aromatic N) is 1. The van der Waals surface area contributed by atoms with E-state index in [1.54, 1.807) is 6.92 Å². The molecule has 5 nitrogen and oxygen atoms in total. The second kappa shape index (κ2) is 10.0. The Morgan fingerprint density at radius 2 is 1.91 bits per heavy atom. The van der Waals surface area contributed by atoms with E-state index in [9.17, 15) is 4.79 Å². The number of esters is 1. The zero-order valence-corrected chi connectivity index (χ0v) is 14.4. The maximum absolute atomic E-state index is 11.9.